The Labute approximate surface area is 159 Å². The molecule has 2 aliphatic heterocycles. The minimum Gasteiger partial charge on any atom is -0.385 e. The van der Waals surface area contributed by atoms with E-state index in [9.17, 15) is 18.7 Å². The summed E-state index contributed by atoms with van der Waals surface area (Å²) in [5.74, 6) is -0.787. The standard InChI is InChI=1S/C20H29F2N3O2/c1-15-4-3-10-24(14-15)13-9-23-19(26)25-11-7-20(27,8-12-25)18-16(21)5-2-6-17(18)22/h2,5-6,15,27H,3-4,7-14H2,1H3,(H,23,26). The summed E-state index contributed by atoms with van der Waals surface area (Å²) in [7, 11) is 0. The molecule has 1 aromatic rings. The van der Waals surface area contributed by atoms with Crippen LogP contribution in [0.25, 0.3) is 0 Å². The first-order valence-corrected chi connectivity index (χ1v) is 9.81. The number of hydrogen-bond donors (Lipinski definition) is 2. The van der Waals surface area contributed by atoms with Gasteiger partial charge < -0.3 is 20.2 Å². The molecule has 0 aliphatic carbocycles. The molecule has 2 heterocycles. The maximum atomic E-state index is 14.0. The molecular weight excluding hydrogens is 352 g/mol. The Bertz CT molecular complexity index is 642. The Balaban J connectivity index is 1.48. The molecule has 2 fully saturated rings. The minimum absolute atomic E-state index is 0.113. The van der Waals surface area contributed by atoms with Gasteiger partial charge in [0.15, 0.2) is 0 Å². The fourth-order valence-corrected chi connectivity index (χ4v) is 4.19. The van der Waals surface area contributed by atoms with Gasteiger partial charge in [-0.25, -0.2) is 13.6 Å². The van der Waals surface area contributed by atoms with Crippen molar-refractivity contribution in [3.63, 3.8) is 0 Å². The van der Waals surface area contributed by atoms with Crippen LogP contribution in [-0.2, 0) is 5.60 Å². The lowest BCUT2D eigenvalue weighted by molar-refractivity contribution is -0.0223. The molecule has 3 rings (SSSR count). The third-order valence-electron chi connectivity index (χ3n) is 5.75. The van der Waals surface area contributed by atoms with E-state index in [0.29, 0.717) is 12.5 Å². The molecule has 0 aromatic heterocycles. The van der Waals surface area contributed by atoms with Crippen LogP contribution in [0.2, 0.25) is 0 Å². The molecular formula is C20H29F2N3O2. The molecule has 1 atom stereocenters. The average molecular weight is 381 g/mol. The van der Waals surface area contributed by atoms with Crippen molar-refractivity contribution in [3.8, 4) is 0 Å². The first-order chi connectivity index (χ1) is 12.9. The molecule has 0 radical (unpaired) electrons. The molecule has 2 amide bonds. The van der Waals surface area contributed by atoms with Crippen LogP contribution in [0, 0.1) is 17.6 Å². The Kier molecular flexibility index (Phi) is 6.32. The van der Waals surface area contributed by atoms with Crippen LogP contribution in [0.3, 0.4) is 0 Å². The molecule has 0 saturated carbocycles. The SMILES string of the molecule is CC1CCCN(CCNC(=O)N2CCC(O)(c3c(F)cccc3F)CC2)C1. The Morgan fingerprint density at radius 1 is 1.26 bits per heavy atom. The Morgan fingerprint density at radius 2 is 1.93 bits per heavy atom. The molecule has 1 aromatic carbocycles. The van der Waals surface area contributed by atoms with Crippen LogP contribution in [0.4, 0.5) is 13.6 Å². The highest BCUT2D eigenvalue weighted by Gasteiger charge is 2.39. The molecule has 2 aliphatic rings. The summed E-state index contributed by atoms with van der Waals surface area (Å²) in [4.78, 5) is 16.3. The number of nitrogens with zero attached hydrogens (tertiary/aromatic N) is 2. The molecule has 5 nitrogen and oxygen atoms in total. The number of halogens is 2. The van der Waals surface area contributed by atoms with Crippen LogP contribution in [0.1, 0.15) is 38.2 Å². The van der Waals surface area contributed by atoms with Gasteiger partial charge in [-0.2, -0.15) is 0 Å². The molecule has 7 heteroatoms. The number of benzene rings is 1. The second-order valence-corrected chi connectivity index (χ2v) is 7.90. The van der Waals surface area contributed by atoms with Gasteiger partial charge in [-0.15, -0.1) is 0 Å². The highest BCUT2D eigenvalue weighted by molar-refractivity contribution is 5.74. The maximum Gasteiger partial charge on any atom is 0.317 e. The third-order valence-corrected chi connectivity index (χ3v) is 5.75. The number of piperidine rings is 2. The lowest BCUT2D eigenvalue weighted by Gasteiger charge is -2.38. The van der Waals surface area contributed by atoms with E-state index in [-0.39, 0.29) is 37.5 Å². The van der Waals surface area contributed by atoms with Crippen LogP contribution in [-0.4, -0.2) is 60.2 Å². The quantitative estimate of drug-likeness (QED) is 0.843. The normalized spacial score (nSPS) is 23.3. The fourth-order valence-electron chi connectivity index (χ4n) is 4.19. The van der Waals surface area contributed by atoms with Crippen molar-refractivity contribution in [2.45, 2.75) is 38.2 Å². The van der Waals surface area contributed by atoms with Gasteiger partial charge in [0.2, 0.25) is 0 Å². The fraction of sp³-hybridized carbons (Fsp3) is 0.650. The van der Waals surface area contributed by atoms with Crippen molar-refractivity contribution in [1.29, 1.82) is 0 Å². The first-order valence-electron chi connectivity index (χ1n) is 9.81. The van der Waals surface area contributed by atoms with Crippen molar-refractivity contribution in [2.75, 3.05) is 39.3 Å². The van der Waals surface area contributed by atoms with Gasteiger partial charge in [0, 0.05) is 32.7 Å². The van der Waals surface area contributed by atoms with Crippen LogP contribution < -0.4 is 5.32 Å². The minimum atomic E-state index is -1.57. The van der Waals surface area contributed by atoms with Gasteiger partial charge in [0.25, 0.3) is 0 Å². The van der Waals surface area contributed by atoms with Crippen LogP contribution in [0.5, 0.6) is 0 Å². The lowest BCUT2D eigenvalue weighted by atomic mass is 9.84. The van der Waals surface area contributed by atoms with Gasteiger partial charge in [0.05, 0.1) is 11.2 Å². The molecule has 0 spiro atoms. The van der Waals surface area contributed by atoms with Gasteiger partial charge >= 0.3 is 6.03 Å². The summed E-state index contributed by atoms with van der Waals surface area (Å²) in [6.45, 7) is 6.32. The Hall–Kier alpha value is -1.73. The van der Waals surface area contributed by atoms with E-state index in [1.807, 2.05) is 0 Å². The third kappa shape index (κ3) is 4.76. The molecule has 2 saturated heterocycles. The lowest BCUT2D eigenvalue weighted by Crippen LogP contribution is -2.50. The number of amides is 2. The molecule has 0 bridgehead atoms. The number of carbonyl (C=O) groups is 1. The van der Waals surface area contributed by atoms with Crippen molar-refractivity contribution in [2.24, 2.45) is 5.92 Å². The number of rotatable bonds is 4. The summed E-state index contributed by atoms with van der Waals surface area (Å²) in [5.41, 5.74) is -1.86. The topological polar surface area (TPSA) is 55.8 Å². The monoisotopic (exact) mass is 381 g/mol. The highest BCUT2D eigenvalue weighted by Crippen LogP contribution is 2.35. The predicted octanol–water partition coefficient (Wildman–Crippen LogP) is 2.69. The zero-order chi connectivity index (χ0) is 19.4. The zero-order valence-corrected chi connectivity index (χ0v) is 15.9. The Morgan fingerprint density at radius 3 is 2.56 bits per heavy atom. The summed E-state index contributed by atoms with van der Waals surface area (Å²) >= 11 is 0. The van der Waals surface area contributed by atoms with E-state index in [2.05, 4.69) is 17.1 Å². The largest absolute Gasteiger partial charge is 0.385 e. The number of nitrogens with one attached hydrogen (secondary N) is 1. The van der Waals surface area contributed by atoms with Crippen LogP contribution >= 0.6 is 0 Å². The highest BCUT2D eigenvalue weighted by atomic mass is 19.1. The number of urea groups is 1. The van der Waals surface area contributed by atoms with Crippen molar-refractivity contribution in [1.82, 2.24) is 15.1 Å². The first kappa shape index (κ1) is 20.0. The van der Waals surface area contributed by atoms with E-state index in [4.69, 9.17) is 0 Å². The molecule has 2 N–H and O–H groups in total. The average Bonchev–Trinajstić information content (AvgIpc) is 2.62. The van der Waals surface area contributed by atoms with E-state index in [1.54, 1.807) is 4.90 Å². The number of carbonyl (C=O) groups excluding carboxylic acids is 1. The number of hydrogen-bond acceptors (Lipinski definition) is 3. The van der Waals surface area contributed by atoms with Crippen molar-refractivity contribution < 1.29 is 18.7 Å². The van der Waals surface area contributed by atoms with Gasteiger partial charge in [0.1, 0.15) is 11.6 Å². The summed E-state index contributed by atoms with van der Waals surface area (Å²) in [5, 5.41) is 13.6. The van der Waals surface area contributed by atoms with Gasteiger partial charge in [-0.1, -0.05) is 13.0 Å². The zero-order valence-electron chi connectivity index (χ0n) is 15.9. The maximum absolute atomic E-state index is 14.0. The van der Waals surface area contributed by atoms with Crippen molar-refractivity contribution >= 4 is 6.03 Å². The smallest absolute Gasteiger partial charge is 0.317 e. The predicted molar refractivity (Wildman–Crippen MR) is 99.3 cm³/mol. The summed E-state index contributed by atoms with van der Waals surface area (Å²) < 4.78 is 28.0. The van der Waals surface area contributed by atoms with E-state index in [0.717, 1.165) is 31.8 Å². The molecule has 1 unspecified atom stereocenters. The second-order valence-electron chi connectivity index (χ2n) is 7.90. The summed E-state index contributed by atoms with van der Waals surface area (Å²) in [6.07, 6.45) is 2.69. The van der Waals surface area contributed by atoms with E-state index in [1.165, 1.54) is 18.9 Å². The van der Waals surface area contributed by atoms with Gasteiger partial charge in [-0.05, 0) is 50.3 Å². The number of likely N-dealkylation sites (tertiary alicyclic amines) is 2. The summed E-state index contributed by atoms with van der Waals surface area (Å²) in [6, 6.07) is 3.40. The van der Waals surface area contributed by atoms with E-state index < -0.39 is 17.2 Å². The number of aliphatic hydroxyl groups is 1. The van der Waals surface area contributed by atoms with Crippen molar-refractivity contribution in [3.05, 3.63) is 35.4 Å². The second kappa shape index (κ2) is 8.52. The molecule has 150 valence electrons. The van der Waals surface area contributed by atoms with Crippen LogP contribution in [0.15, 0.2) is 18.2 Å². The van der Waals surface area contributed by atoms with E-state index >= 15 is 0 Å². The van der Waals surface area contributed by atoms with Gasteiger partial charge in [-0.3, -0.25) is 0 Å². The molecule has 27 heavy (non-hydrogen) atoms.